The highest BCUT2D eigenvalue weighted by atomic mass is 127. The summed E-state index contributed by atoms with van der Waals surface area (Å²) in [7, 11) is 0. The Morgan fingerprint density at radius 1 is 1.39 bits per heavy atom. The van der Waals surface area contributed by atoms with Crippen LogP contribution in [0.5, 0.6) is 0 Å². The van der Waals surface area contributed by atoms with Gasteiger partial charge in [0.15, 0.2) is 0 Å². The number of nitrogens with two attached hydrogens (primary N) is 1. The van der Waals surface area contributed by atoms with E-state index in [-0.39, 0.29) is 17.9 Å². The molecular weight excluding hydrogens is 339 g/mol. The van der Waals surface area contributed by atoms with Crippen molar-refractivity contribution in [2.24, 2.45) is 11.7 Å². The number of carbonyl (C=O) groups is 1. The van der Waals surface area contributed by atoms with Gasteiger partial charge in [0.2, 0.25) is 5.91 Å². The molecule has 0 saturated heterocycles. The van der Waals surface area contributed by atoms with Gasteiger partial charge in [-0.25, -0.2) is 0 Å². The molecule has 0 aromatic heterocycles. The van der Waals surface area contributed by atoms with E-state index in [1.54, 1.807) is 0 Å². The van der Waals surface area contributed by atoms with Gasteiger partial charge in [0, 0.05) is 15.3 Å². The van der Waals surface area contributed by atoms with Crippen LogP contribution in [0.2, 0.25) is 0 Å². The molecule has 2 unspecified atom stereocenters. The molecule has 1 aliphatic carbocycles. The highest BCUT2D eigenvalue weighted by Crippen LogP contribution is 2.25. The summed E-state index contributed by atoms with van der Waals surface area (Å²) in [4.78, 5) is 12.2. The van der Waals surface area contributed by atoms with Crippen LogP contribution in [0.3, 0.4) is 0 Å². The Morgan fingerprint density at radius 3 is 2.78 bits per heavy atom. The van der Waals surface area contributed by atoms with E-state index in [0.717, 1.165) is 36.9 Å². The number of rotatable bonds is 2. The number of benzene rings is 1. The molecule has 1 fully saturated rings. The van der Waals surface area contributed by atoms with Crippen LogP contribution >= 0.6 is 22.6 Å². The highest BCUT2D eigenvalue weighted by molar-refractivity contribution is 14.1. The second-order valence-corrected chi connectivity index (χ2v) is 6.25. The molecule has 0 bridgehead atoms. The summed E-state index contributed by atoms with van der Waals surface area (Å²) in [6.45, 7) is 2.01. The molecule has 1 saturated carbocycles. The molecular formula is C14H19IN2O. The molecule has 1 aliphatic rings. The maximum Gasteiger partial charge on any atom is 0.229 e. The fourth-order valence-corrected chi connectivity index (χ4v) is 3.12. The third kappa shape index (κ3) is 3.23. The van der Waals surface area contributed by atoms with Crippen LogP contribution in [0.15, 0.2) is 18.2 Å². The summed E-state index contributed by atoms with van der Waals surface area (Å²) in [5.41, 5.74) is 8.03. The van der Waals surface area contributed by atoms with Crippen molar-refractivity contribution in [3.63, 3.8) is 0 Å². The Hall–Kier alpha value is -0.620. The Balaban J connectivity index is 2.06. The molecule has 2 rings (SSSR count). The van der Waals surface area contributed by atoms with Crippen LogP contribution < -0.4 is 11.1 Å². The number of carbonyl (C=O) groups excluding carboxylic acids is 1. The number of halogens is 1. The monoisotopic (exact) mass is 358 g/mol. The minimum absolute atomic E-state index is 0.0166. The molecule has 2 atom stereocenters. The first-order chi connectivity index (χ1) is 8.58. The average Bonchev–Trinajstić information content (AvgIpc) is 2.33. The predicted octanol–water partition coefficient (Wildman–Crippen LogP) is 3.06. The van der Waals surface area contributed by atoms with Crippen molar-refractivity contribution >= 4 is 34.2 Å². The van der Waals surface area contributed by atoms with E-state index in [9.17, 15) is 4.79 Å². The third-order valence-electron chi connectivity index (χ3n) is 3.60. The Kier molecular flexibility index (Phi) is 4.61. The number of amides is 1. The normalized spacial score (nSPS) is 23.7. The van der Waals surface area contributed by atoms with Crippen LogP contribution in [-0.4, -0.2) is 11.9 Å². The largest absolute Gasteiger partial charge is 0.327 e. The lowest BCUT2D eigenvalue weighted by Crippen LogP contribution is -2.40. The van der Waals surface area contributed by atoms with Crippen LogP contribution in [0, 0.1) is 16.4 Å². The number of anilines is 1. The lowest BCUT2D eigenvalue weighted by Gasteiger charge is -2.27. The summed E-state index contributed by atoms with van der Waals surface area (Å²) in [5.74, 6) is 0.0453. The van der Waals surface area contributed by atoms with Gasteiger partial charge in [-0.05, 0) is 66.1 Å². The van der Waals surface area contributed by atoms with E-state index in [2.05, 4.69) is 34.0 Å². The molecule has 18 heavy (non-hydrogen) atoms. The van der Waals surface area contributed by atoms with E-state index in [0.29, 0.717) is 0 Å². The number of aryl methyl sites for hydroxylation is 1. The van der Waals surface area contributed by atoms with E-state index < -0.39 is 0 Å². The van der Waals surface area contributed by atoms with E-state index in [4.69, 9.17) is 5.73 Å². The molecule has 98 valence electrons. The second-order valence-electron chi connectivity index (χ2n) is 5.00. The van der Waals surface area contributed by atoms with Crippen LogP contribution in [0.1, 0.15) is 31.2 Å². The first-order valence-electron chi connectivity index (χ1n) is 6.40. The first-order valence-corrected chi connectivity index (χ1v) is 7.48. The summed E-state index contributed by atoms with van der Waals surface area (Å²) in [5, 5.41) is 3.02. The van der Waals surface area contributed by atoms with Crippen molar-refractivity contribution in [3.05, 3.63) is 27.3 Å². The van der Waals surface area contributed by atoms with Crippen molar-refractivity contribution in [1.82, 2.24) is 0 Å². The minimum atomic E-state index is -0.0302. The zero-order valence-corrected chi connectivity index (χ0v) is 12.7. The molecule has 1 amide bonds. The van der Waals surface area contributed by atoms with E-state index in [1.807, 2.05) is 19.1 Å². The zero-order valence-electron chi connectivity index (χ0n) is 10.6. The van der Waals surface area contributed by atoms with Crippen molar-refractivity contribution in [2.45, 2.75) is 38.6 Å². The van der Waals surface area contributed by atoms with E-state index >= 15 is 0 Å². The molecule has 3 N–H and O–H groups in total. The summed E-state index contributed by atoms with van der Waals surface area (Å²) >= 11 is 2.27. The lowest BCUT2D eigenvalue weighted by molar-refractivity contribution is -0.121. The smallest absolute Gasteiger partial charge is 0.229 e. The maximum atomic E-state index is 12.2. The fraction of sp³-hybridized carbons (Fsp3) is 0.500. The van der Waals surface area contributed by atoms with Gasteiger partial charge in [-0.1, -0.05) is 12.8 Å². The third-order valence-corrected chi connectivity index (χ3v) is 4.27. The molecule has 1 aromatic rings. The van der Waals surface area contributed by atoms with Gasteiger partial charge in [0.25, 0.3) is 0 Å². The van der Waals surface area contributed by atoms with Gasteiger partial charge in [-0.15, -0.1) is 0 Å². The van der Waals surface area contributed by atoms with Crippen molar-refractivity contribution in [3.8, 4) is 0 Å². The molecule has 0 spiro atoms. The average molecular weight is 358 g/mol. The van der Waals surface area contributed by atoms with Gasteiger partial charge in [0.05, 0.1) is 5.92 Å². The standard InChI is InChI=1S/C14H19IN2O/c1-9-8-10(15)6-7-13(9)17-14(18)11-4-2-3-5-12(11)16/h6-8,11-12H,2-5,16H2,1H3,(H,17,18). The lowest BCUT2D eigenvalue weighted by atomic mass is 9.84. The molecule has 3 nitrogen and oxygen atoms in total. The van der Waals surface area contributed by atoms with Crippen molar-refractivity contribution in [2.75, 3.05) is 5.32 Å². The van der Waals surface area contributed by atoms with Crippen molar-refractivity contribution in [1.29, 1.82) is 0 Å². The first kappa shape index (κ1) is 13.8. The zero-order chi connectivity index (χ0) is 13.1. The predicted molar refractivity (Wildman–Crippen MR) is 82.5 cm³/mol. The van der Waals surface area contributed by atoms with Crippen LogP contribution in [0.4, 0.5) is 5.69 Å². The molecule has 4 heteroatoms. The minimum Gasteiger partial charge on any atom is -0.327 e. The Bertz CT molecular complexity index is 447. The highest BCUT2D eigenvalue weighted by Gasteiger charge is 2.28. The van der Waals surface area contributed by atoms with E-state index in [1.165, 1.54) is 3.57 Å². The number of nitrogens with one attached hydrogen (secondary N) is 1. The van der Waals surface area contributed by atoms with Gasteiger partial charge in [0.1, 0.15) is 0 Å². The number of hydrogen-bond acceptors (Lipinski definition) is 2. The summed E-state index contributed by atoms with van der Waals surface area (Å²) in [6.07, 6.45) is 4.13. The van der Waals surface area contributed by atoms with Gasteiger partial charge in [-0.2, -0.15) is 0 Å². The van der Waals surface area contributed by atoms with Crippen molar-refractivity contribution < 1.29 is 4.79 Å². The molecule has 0 heterocycles. The SMILES string of the molecule is Cc1cc(I)ccc1NC(=O)C1CCCCC1N. The van der Waals surface area contributed by atoms with Gasteiger partial charge in [-0.3, -0.25) is 4.79 Å². The maximum absolute atomic E-state index is 12.2. The quantitative estimate of drug-likeness (QED) is 0.799. The summed E-state index contributed by atoms with van der Waals surface area (Å²) < 4.78 is 1.18. The summed E-state index contributed by atoms with van der Waals surface area (Å²) in [6, 6.07) is 6.05. The van der Waals surface area contributed by atoms with Gasteiger partial charge < -0.3 is 11.1 Å². The molecule has 0 aliphatic heterocycles. The molecule has 1 aromatic carbocycles. The Labute approximate surface area is 122 Å². The van der Waals surface area contributed by atoms with Crippen LogP contribution in [0.25, 0.3) is 0 Å². The second kappa shape index (κ2) is 6.02. The topological polar surface area (TPSA) is 55.1 Å². The van der Waals surface area contributed by atoms with Crippen LogP contribution in [-0.2, 0) is 4.79 Å². The number of hydrogen-bond donors (Lipinski definition) is 2. The fourth-order valence-electron chi connectivity index (χ4n) is 2.48. The Morgan fingerprint density at radius 2 is 2.11 bits per heavy atom. The molecule has 0 radical (unpaired) electrons. The van der Waals surface area contributed by atoms with Gasteiger partial charge >= 0.3 is 0 Å².